The molecule has 0 bridgehead atoms. The van der Waals surface area contributed by atoms with E-state index in [1.165, 1.54) is 10.4 Å². The van der Waals surface area contributed by atoms with Crippen LogP contribution >= 0.6 is 0 Å². The number of hydrogen-bond donors (Lipinski definition) is 1. The molecule has 6 nitrogen and oxygen atoms in total. The summed E-state index contributed by atoms with van der Waals surface area (Å²) in [6, 6.07) is 13.3. The molecule has 1 N–H and O–H groups in total. The third-order valence-electron chi connectivity index (χ3n) is 4.70. The van der Waals surface area contributed by atoms with Crippen LogP contribution in [0.3, 0.4) is 0 Å². The number of nitrogens with one attached hydrogen (secondary N) is 1. The van der Waals surface area contributed by atoms with Crippen molar-refractivity contribution in [3.8, 4) is 5.75 Å². The molecule has 0 spiro atoms. The predicted molar refractivity (Wildman–Crippen MR) is 109 cm³/mol. The minimum Gasteiger partial charge on any atom is -0.494 e. The lowest BCUT2D eigenvalue weighted by Gasteiger charge is -2.20. The van der Waals surface area contributed by atoms with Crippen molar-refractivity contribution in [3.63, 3.8) is 0 Å². The SMILES string of the molecule is CCOc1cccc(NC(=O)c2cccc(S(=O)(=O)N3CCCCCC3)c2)c1. The van der Waals surface area contributed by atoms with Crippen molar-refractivity contribution >= 4 is 21.6 Å². The highest BCUT2D eigenvalue weighted by Crippen LogP contribution is 2.22. The summed E-state index contributed by atoms with van der Waals surface area (Å²) in [4.78, 5) is 12.8. The Labute approximate surface area is 166 Å². The van der Waals surface area contributed by atoms with Crippen LogP contribution in [0.2, 0.25) is 0 Å². The number of sulfonamides is 1. The maximum Gasteiger partial charge on any atom is 0.255 e. The quantitative estimate of drug-likeness (QED) is 0.795. The van der Waals surface area contributed by atoms with Gasteiger partial charge in [0.15, 0.2) is 0 Å². The fourth-order valence-corrected chi connectivity index (χ4v) is 4.83. The zero-order valence-electron chi connectivity index (χ0n) is 16.1. The van der Waals surface area contributed by atoms with Gasteiger partial charge in [-0.15, -0.1) is 0 Å². The van der Waals surface area contributed by atoms with Crippen molar-refractivity contribution in [3.05, 3.63) is 54.1 Å². The predicted octanol–water partition coefficient (Wildman–Crippen LogP) is 3.90. The molecule has 7 heteroatoms. The van der Waals surface area contributed by atoms with Crippen molar-refractivity contribution in [1.82, 2.24) is 4.31 Å². The Hall–Kier alpha value is -2.38. The molecule has 1 heterocycles. The van der Waals surface area contributed by atoms with Gasteiger partial charge in [0.05, 0.1) is 11.5 Å². The smallest absolute Gasteiger partial charge is 0.255 e. The molecule has 0 atom stereocenters. The monoisotopic (exact) mass is 402 g/mol. The van der Waals surface area contributed by atoms with Crippen LogP contribution in [0.5, 0.6) is 5.75 Å². The van der Waals surface area contributed by atoms with E-state index in [0.717, 1.165) is 25.7 Å². The Bertz CT molecular complexity index is 920. The van der Waals surface area contributed by atoms with E-state index in [0.29, 0.717) is 36.7 Å². The van der Waals surface area contributed by atoms with Crippen LogP contribution in [0.1, 0.15) is 43.0 Å². The highest BCUT2D eigenvalue weighted by atomic mass is 32.2. The molecule has 1 amide bonds. The number of hydrogen-bond acceptors (Lipinski definition) is 4. The van der Waals surface area contributed by atoms with Gasteiger partial charge in [-0.3, -0.25) is 4.79 Å². The van der Waals surface area contributed by atoms with E-state index in [9.17, 15) is 13.2 Å². The summed E-state index contributed by atoms with van der Waals surface area (Å²) in [6.07, 6.45) is 3.84. The molecule has 2 aromatic rings. The summed E-state index contributed by atoms with van der Waals surface area (Å²) in [5, 5.41) is 2.80. The number of rotatable bonds is 6. The van der Waals surface area contributed by atoms with E-state index in [-0.39, 0.29) is 10.8 Å². The van der Waals surface area contributed by atoms with Crippen LogP contribution in [-0.2, 0) is 10.0 Å². The van der Waals surface area contributed by atoms with Gasteiger partial charge in [0, 0.05) is 30.4 Å². The summed E-state index contributed by atoms with van der Waals surface area (Å²) in [5.74, 6) is 0.305. The fourth-order valence-electron chi connectivity index (χ4n) is 3.26. The van der Waals surface area contributed by atoms with Gasteiger partial charge in [0.1, 0.15) is 5.75 Å². The topological polar surface area (TPSA) is 75.7 Å². The fraction of sp³-hybridized carbons (Fsp3) is 0.381. The van der Waals surface area contributed by atoms with Gasteiger partial charge in [0.2, 0.25) is 10.0 Å². The second-order valence-corrected chi connectivity index (χ2v) is 8.70. The molecular formula is C21H26N2O4S. The summed E-state index contributed by atoms with van der Waals surface area (Å²) >= 11 is 0. The molecular weight excluding hydrogens is 376 g/mol. The van der Waals surface area contributed by atoms with Crippen LogP contribution in [0, 0.1) is 0 Å². The van der Waals surface area contributed by atoms with Crippen molar-refractivity contribution < 1.29 is 17.9 Å². The number of amides is 1. The zero-order chi connectivity index (χ0) is 20.0. The van der Waals surface area contributed by atoms with Crippen LogP contribution in [0.15, 0.2) is 53.4 Å². The zero-order valence-corrected chi connectivity index (χ0v) is 16.9. The summed E-state index contributed by atoms with van der Waals surface area (Å²) < 4.78 is 32.9. The van der Waals surface area contributed by atoms with Crippen LogP contribution in [0.25, 0.3) is 0 Å². The Kier molecular flexibility index (Phi) is 6.70. The number of nitrogens with zero attached hydrogens (tertiary/aromatic N) is 1. The lowest BCUT2D eigenvalue weighted by atomic mass is 10.2. The lowest BCUT2D eigenvalue weighted by molar-refractivity contribution is 0.102. The van der Waals surface area contributed by atoms with Crippen LogP contribution < -0.4 is 10.1 Å². The lowest BCUT2D eigenvalue weighted by Crippen LogP contribution is -2.32. The molecule has 0 radical (unpaired) electrons. The molecule has 0 aromatic heterocycles. The molecule has 3 rings (SSSR count). The number of carbonyl (C=O) groups is 1. The Morgan fingerprint density at radius 1 is 1.04 bits per heavy atom. The van der Waals surface area contributed by atoms with E-state index in [4.69, 9.17) is 4.74 Å². The largest absolute Gasteiger partial charge is 0.494 e. The first-order valence-electron chi connectivity index (χ1n) is 9.65. The van der Waals surface area contributed by atoms with E-state index < -0.39 is 10.0 Å². The number of ether oxygens (including phenoxy) is 1. The maximum absolute atomic E-state index is 13.0. The molecule has 0 aliphatic carbocycles. The average Bonchev–Trinajstić information content (AvgIpc) is 2.99. The standard InChI is InChI=1S/C21H26N2O4S/c1-2-27-19-11-8-10-18(16-19)22-21(24)17-9-7-12-20(15-17)28(25,26)23-13-5-3-4-6-14-23/h7-12,15-16H,2-6,13-14H2,1H3,(H,22,24). The van der Waals surface area contributed by atoms with Crippen LogP contribution in [0.4, 0.5) is 5.69 Å². The summed E-state index contributed by atoms with van der Waals surface area (Å²) in [7, 11) is -3.59. The van der Waals surface area contributed by atoms with Gasteiger partial charge in [-0.05, 0) is 50.1 Å². The van der Waals surface area contributed by atoms with Gasteiger partial charge in [-0.1, -0.05) is 25.0 Å². The third-order valence-corrected chi connectivity index (χ3v) is 6.60. The molecule has 0 saturated carbocycles. The minimum atomic E-state index is -3.59. The average molecular weight is 403 g/mol. The second kappa shape index (κ2) is 9.21. The Balaban J connectivity index is 1.78. The van der Waals surface area contributed by atoms with E-state index in [1.807, 2.05) is 13.0 Å². The molecule has 150 valence electrons. The maximum atomic E-state index is 13.0. The highest BCUT2D eigenvalue weighted by molar-refractivity contribution is 7.89. The molecule has 1 aliphatic heterocycles. The third kappa shape index (κ3) is 4.91. The number of anilines is 1. The molecule has 1 aliphatic rings. The van der Waals surface area contributed by atoms with Crippen LogP contribution in [-0.4, -0.2) is 38.3 Å². The van der Waals surface area contributed by atoms with Crippen molar-refractivity contribution in [2.75, 3.05) is 25.0 Å². The highest BCUT2D eigenvalue weighted by Gasteiger charge is 2.25. The summed E-state index contributed by atoms with van der Waals surface area (Å²) in [5.41, 5.74) is 0.898. The van der Waals surface area contributed by atoms with Gasteiger partial charge in [-0.2, -0.15) is 4.31 Å². The van der Waals surface area contributed by atoms with E-state index in [1.54, 1.807) is 36.4 Å². The second-order valence-electron chi connectivity index (χ2n) is 6.76. The molecule has 2 aromatic carbocycles. The Morgan fingerprint density at radius 3 is 2.46 bits per heavy atom. The molecule has 1 saturated heterocycles. The van der Waals surface area contributed by atoms with Gasteiger partial charge in [0.25, 0.3) is 5.91 Å². The normalized spacial score (nSPS) is 15.6. The van der Waals surface area contributed by atoms with Gasteiger partial charge >= 0.3 is 0 Å². The first-order valence-corrected chi connectivity index (χ1v) is 11.1. The number of benzene rings is 2. The van der Waals surface area contributed by atoms with Gasteiger partial charge in [-0.25, -0.2) is 8.42 Å². The first kappa shape index (κ1) is 20.4. The van der Waals surface area contributed by atoms with Gasteiger partial charge < -0.3 is 10.1 Å². The number of carbonyl (C=O) groups excluding carboxylic acids is 1. The van der Waals surface area contributed by atoms with Crippen molar-refractivity contribution in [2.45, 2.75) is 37.5 Å². The van der Waals surface area contributed by atoms with Crippen molar-refractivity contribution in [2.24, 2.45) is 0 Å². The molecule has 28 heavy (non-hydrogen) atoms. The summed E-state index contributed by atoms with van der Waals surface area (Å²) in [6.45, 7) is 3.49. The molecule has 0 unspecified atom stereocenters. The first-order chi connectivity index (χ1) is 13.5. The van der Waals surface area contributed by atoms with E-state index >= 15 is 0 Å². The minimum absolute atomic E-state index is 0.158. The molecule has 1 fully saturated rings. The Morgan fingerprint density at radius 2 is 1.75 bits per heavy atom. The van der Waals surface area contributed by atoms with E-state index in [2.05, 4.69) is 5.32 Å². The van der Waals surface area contributed by atoms with Crippen molar-refractivity contribution in [1.29, 1.82) is 0 Å².